The van der Waals surface area contributed by atoms with Gasteiger partial charge in [-0.05, 0) is 43.2 Å². The normalized spacial score (nSPS) is 14.9. The number of aryl methyl sites for hydroxylation is 1. The molecule has 0 spiro atoms. The zero-order valence-corrected chi connectivity index (χ0v) is 25.0. The first-order chi connectivity index (χ1) is 21.2. The molecule has 0 radical (unpaired) electrons. The number of aromatic nitrogens is 2. The Morgan fingerprint density at radius 3 is 2.41 bits per heavy atom. The minimum Gasteiger partial charge on any atom is -0.464 e. The van der Waals surface area contributed by atoms with Gasteiger partial charge in [0.1, 0.15) is 18.1 Å². The number of methoxy groups -OCH3 is 1. The summed E-state index contributed by atoms with van der Waals surface area (Å²) in [4.78, 5) is 47.0. The molecule has 0 fully saturated rings. The number of rotatable bonds is 8. The van der Waals surface area contributed by atoms with E-state index in [2.05, 4.69) is 10.3 Å². The summed E-state index contributed by atoms with van der Waals surface area (Å²) in [7, 11) is -2.66. The van der Waals surface area contributed by atoms with Crippen LogP contribution >= 0.6 is 0 Å². The Hall–Kier alpha value is -5.03. The molecule has 2 amide bonds. The number of ether oxygens (including phenoxy) is 1. The molecule has 44 heavy (non-hydrogen) atoms. The van der Waals surface area contributed by atoms with Gasteiger partial charge in [-0.15, -0.1) is 0 Å². The zero-order valence-electron chi connectivity index (χ0n) is 24.2. The number of para-hydroxylation sites is 1. The smallest absolute Gasteiger partial charge is 0.356 e. The van der Waals surface area contributed by atoms with Crippen LogP contribution in [0.4, 0.5) is 0 Å². The van der Waals surface area contributed by atoms with Crippen LogP contribution in [-0.4, -0.2) is 60.2 Å². The van der Waals surface area contributed by atoms with Gasteiger partial charge in [0.15, 0.2) is 15.9 Å². The number of pyridine rings is 1. The molecule has 0 aliphatic carbocycles. The number of sulfone groups is 1. The van der Waals surface area contributed by atoms with Crippen molar-refractivity contribution in [3.63, 3.8) is 0 Å². The van der Waals surface area contributed by atoms with Gasteiger partial charge in [-0.1, -0.05) is 66.2 Å². The van der Waals surface area contributed by atoms with Crippen LogP contribution in [-0.2, 0) is 37.1 Å². The minimum atomic E-state index is -3.90. The number of amides is 2. The summed E-state index contributed by atoms with van der Waals surface area (Å²) < 4.78 is 33.1. The Balaban J connectivity index is 1.48. The van der Waals surface area contributed by atoms with Crippen molar-refractivity contribution in [2.24, 2.45) is 0 Å². The lowest BCUT2D eigenvalue weighted by Crippen LogP contribution is -2.46. The SMILES string of the molecule is COC(=O)c1cc2c3ccccc3n3c2c(n1)C(C(=O)NCS(=O)(=O)c1ccc(C)cc1)N(CCc1ccccc1)C(=O)C3. The Morgan fingerprint density at radius 2 is 1.68 bits per heavy atom. The summed E-state index contributed by atoms with van der Waals surface area (Å²) >= 11 is 0. The highest BCUT2D eigenvalue weighted by Gasteiger charge is 2.39. The van der Waals surface area contributed by atoms with E-state index in [4.69, 9.17) is 4.74 Å². The Bertz CT molecular complexity index is 2020. The van der Waals surface area contributed by atoms with Crippen LogP contribution in [0.5, 0.6) is 0 Å². The minimum absolute atomic E-state index is 0.0275. The molecule has 1 aliphatic heterocycles. The van der Waals surface area contributed by atoms with Crippen LogP contribution in [0.15, 0.2) is 89.8 Å². The molecule has 3 aromatic carbocycles. The summed E-state index contributed by atoms with van der Waals surface area (Å²) in [5.74, 6) is -2.46. The molecule has 3 heterocycles. The van der Waals surface area contributed by atoms with Gasteiger partial charge in [0.25, 0.3) is 0 Å². The summed E-state index contributed by atoms with van der Waals surface area (Å²) in [6, 6.07) is 23.6. The molecule has 0 saturated heterocycles. The largest absolute Gasteiger partial charge is 0.464 e. The van der Waals surface area contributed by atoms with Gasteiger partial charge in [0.05, 0.1) is 23.2 Å². The number of hydrogen-bond acceptors (Lipinski definition) is 7. The monoisotopic (exact) mass is 610 g/mol. The number of fused-ring (bicyclic) bond motifs is 3. The topological polar surface area (TPSA) is 128 Å². The lowest BCUT2D eigenvalue weighted by atomic mass is 10.0. The van der Waals surface area contributed by atoms with Crippen LogP contribution in [0.2, 0.25) is 0 Å². The predicted molar refractivity (Wildman–Crippen MR) is 165 cm³/mol. The van der Waals surface area contributed by atoms with Crippen molar-refractivity contribution in [3.8, 4) is 0 Å². The summed E-state index contributed by atoms with van der Waals surface area (Å²) in [6.45, 7) is 1.93. The van der Waals surface area contributed by atoms with Gasteiger partial charge in [-0.25, -0.2) is 18.2 Å². The maximum absolute atomic E-state index is 14.1. The second-order valence-electron chi connectivity index (χ2n) is 10.7. The van der Waals surface area contributed by atoms with E-state index >= 15 is 0 Å². The lowest BCUT2D eigenvalue weighted by molar-refractivity contribution is -0.140. The van der Waals surface area contributed by atoms with Crippen molar-refractivity contribution in [1.29, 1.82) is 0 Å². The van der Waals surface area contributed by atoms with Crippen molar-refractivity contribution in [2.45, 2.75) is 30.8 Å². The van der Waals surface area contributed by atoms with Crippen molar-refractivity contribution >= 4 is 49.4 Å². The number of nitrogens with one attached hydrogen (secondary N) is 1. The average Bonchev–Trinajstić information content (AvgIpc) is 3.28. The number of hydrogen-bond donors (Lipinski definition) is 1. The maximum atomic E-state index is 14.1. The zero-order chi connectivity index (χ0) is 31.0. The molecule has 0 bridgehead atoms. The summed E-state index contributed by atoms with van der Waals surface area (Å²) in [6.07, 6.45) is 0.438. The third-order valence-corrected chi connectivity index (χ3v) is 9.42. The fourth-order valence-electron chi connectivity index (χ4n) is 5.69. The number of carbonyl (C=O) groups excluding carboxylic acids is 3. The number of benzene rings is 3. The van der Waals surface area contributed by atoms with E-state index in [0.29, 0.717) is 17.3 Å². The molecular weight excluding hydrogens is 580 g/mol. The predicted octanol–water partition coefficient (Wildman–Crippen LogP) is 3.96. The Morgan fingerprint density at radius 1 is 0.977 bits per heavy atom. The van der Waals surface area contributed by atoms with E-state index in [1.54, 1.807) is 18.2 Å². The molecule has 11 heteroatoms. The van der Waals surface area contributed by atoms with Gasteiger partial charge in [0, 0.05) is 22.8 Å². The number of nitrogens with zero attached hydrogens (tertiary/aromatic N) is 3. The van der Waals surface area contributed by atoms with E-state index in [0.717, 1.165) is 22.0 Å². The van der Waals surface area contributed by atoms with Gasteiger partial charge < -0.3 is 19.5 Å². The van der Waals surface area contributed by atoms with Gasteiger partial charge in [-0.3, -0.25) is 9.59 Å². The fourth-order valence-corrected chi connectivity index (χ4v) is 6.74. The molecule has 5 aromatic rings. The Kier molecular flexibility index (Phi) is 7.64. The number of carbonyl (C=O) groups is 3. The first-order valence-corrected chi connectivity index (χ1v) is 15.7. The quantitative estimate of drug-likeness (QED) is 0.264. The summed E-state index contributed by atoms with van der Waals surface area (Å²) in [5.41, 5.74) is 3.26. The molecular formula is C33H30N4O6S. The molecule has 1 N–H and O–H groups in total. The van der Waals surface area contributed by atoms with Crippen LogP contribution in [0, 0.1) is 6.92 Å². The van der Waals surface area contributed by atoms with Gasteiger partial charge in [0.2, 0.25) is 11.8 Å². The highest BCUT2D eigenvalue weighted by Crippen LogP contribution is 2.38. The van der Waals surface area contributed by atoms with Crippen LogP contribution in [0.3, 0.4) is 0 Å². The van der Waals surface area contributed by atoms with Crippen molar-refractivity contribution in [2.75, 3.05) is 19.5 Å². The Labute approximate surface area is 254 Å². The standard InChI is InChI=1S/C33H30N4O6S/c1-21-12-14-23(15-13-21)44(41,42)20-34-32(39)31-29-30-25(18-26(35-29)33(40)43-2)24-10-6-7-11-27(24)37(30)19-28(38)36(31)17-16-22-8-4-3-5-9-22/h3-15,18,31H,16-17,19-20H2,1-2H3,(H,34,39). The molecule has 6 rings (SSSR count). The third kappa shape index (κ3) is 5.30. The van der Waals surface area contributed by atoms with E-state index in [-0.39, 0.29) is 35.3 Å². The second kappa shape index (κ2) is 11.6. The molecule has 1 atom stereocenters. The average molecular weight is 611 g/mol. The highest BCUT2D eigenvalue weighted by molar-refractivity contribution is 7.91. The molecule has 0 saturated carbocycles. The maximum Gasteiger partial charge on any atom is 0.356 e. The van der Waals surface area contributed by atoms with E-state index in [1.807, 2.05) is 66.1 Å². The third-order valence-electron chi connectivity index (χ3n) is 7.90. The molecule has 2 aromatic heterocycles. The molecule has 224 valence electrons. The van der Waals surface area contributed by atoms with E-state index in [1.165, 1.54) is 24.1 Å². The van der Waals surface area contributed by atoms with E-state index in [9.17, 15) is 22.8 Å². The molecule has 10 nitrogen and oxygen atoms in total. The molecule has 1 unspecified atom stereocenters. The van der Waals surface area contributed by atoms with Crippen molar-refractivity contribution < 1.29 is 27.5 Å². The van der Waals surface area contributed by atoms with Crippen molar-refractivity contribution in [3.05, 3.63) is 107 Å². The van der Waals surface area contributed by atoms with E-state index < -0.39 is 33.6 Å². The van der Waals surface area contributed by atoms with Gasteiger partial charge >= 0.3 is 5.97 Å². The first-order valence-electron chi connectivity index (χ1n) is 14.1. The van der Waals surface area contributed by atoms with Crippen LogP contribution in [0.25, 0.3) is 21.8 Å². The lowest BCUT2D eigenvalue weighted by Gasteiger charge is -2.29. The first kappa shape index (κ1) is 29.1. The van der Waals surface area contributed by atoms with Crippen LogP contribution in [0.1, 0.15) is 33.4 Å². The van der Waals surface area contributed by atoms with Gasteiger partial charge in [-0.2, -0.15) is 0 Å². The van der Waals surface area contributed by atoms with Crippen molar-refractivity contribution in [1.82, 2.24) is 19.8 Å². The molecule has 1 aliphatic rings. The second-order valence-corrected chi connectivity index (χ2v) is 12.7. The highest BCUT2D eigenvalue weighted by atomic mass is 32.2. The fraction of sp³-hybridized carbons (Fsp3) is 0.212. The number of esters is 1. The van der Waals surface area contributed by atoms with Crippen LogP contribution < -0.4 is 5.32 Å². The summed E-state index contributed by atoms with van der Waals surface area (Å²) in [5, 5.41) is 3.98.